The average molecular weight is 226 g/mol. The number of carboxylic acids is 1. The van der Waals surface area contributed by atoms with Crippen LogP contribution < -0.4 is 0 Å². The molecule has 0 aliphatic carbocycles. The Morgan fingerprint density at radius 1 is 1.57 bits per heavy atom. The van der Waals surface area contributed by atoms with Gasteiger partial charge in [-0.15, -0.1) is 0 Å². The fourth-order valence-electron chi connectivity index (χ4n) is 0.818. The highest BCUT2D eigenvalue weighted by molar-refractivity contribution is 6.29. The number of rotatable bonds is 2. The van der Waals surface area contributed by atoms with E-state index < -0.39 is 34.6 Å². The van der Waals surface area contributed by atoms with Gasteiger partial charge in [0.1, 0.15) is 0 Å². The molecule has 3 nitrogen and oxygen atoms in total. The minimum Gasteiger partial charge on any atom is -0.476 e. The fraction of sp³-hybridized carbons (Fsp3) is 0.143. The summed E-state index contributed by atoms with van der Waals surface area (Å²) in [4.78, 5) is 13.4. The van der Waals surface area contributed by atoms with Crippen LogP contribution >= 0.6 is 11.6 Å². The number of aromatic nitrogens is 1. The van der Waals surface area contributed by atoms with Gasteiger partial charge in [-0.3, -0.25) is 0 Å². The van der Waals surface area contributed by atoms with Crippen molar-refractivity contribution >= 4 is 17.6 Å². The summed E-state index contributed by atoms with van der Waals surface area (Å²) in [7, 11) is 0. The Bertz CT molecular complexity index is 383. The molecule has 0 aromatic carbocycles. The van der Waals surface area contributed by atoms with Crippen molar-refractivity contribution in [3.8, 4) is 0 Å². The SMILES string of the molecule is O=C(O)c1nc(Cl)c(F)cc1C(F)F. The third-order valence-corrected chi connectivity index (χ3v) is 1.67. The third-order valence-electron chi connectivity index (χ3n) is 1.40. The van der Waals surface area contributed by atoms with Gasteiger partial charge in [-0.25, -0.2) is 22.9 Å². The molecule has 0 radical (unpaired) electrons. The first kappa shape index (κ1) is 10.8. The molecule has 0 aliphatic heterocycles. The minimum absolute atomic E-state index is 0.365. The Hall–Kier alpha value is -1.30. The van der Waals surface area contributed by atoms with E-state index in [0.29, 0.717) is 6.07 Å². The van der Waals surface area contributed by atoms with Gasteiger partial charge >= 0.3 is 5.97 Å². The minimum atomic E-state index is -3.11. The molecule has 0 unspecified atom stereocenters. The predicted octanol–water partition coefficient (Wildman–Crippen LogP) is 2.51. The van der Waals surface area contributed by atoms with Crippen LogP contribution in [0.25, 0.3) is 0 Å². The normalized spacial score (nSPS) is 10.6. The summed E-state index contributed by atoms with van der Waals surface area (Å²) in [5, 5.41) is 7.71. The van der Waals surface area contributed by atoms with Gasteiger partial charge < -0.3 is 5.11 Å². The van der Waals surface area contributed by atoms with Gasteiger partial charge in [0, 0.05) is 0 Å². The highest BCUT2D eigenvalue weighted by atomic mass is 35.5. The molecule has 1 aromatic heterocycles. The zero-order valence-electron chi connectivity index (χ0n) is 6.47. The van der Waals surface area contributed by atoms with Crippen LogP contribution in [0.1, 0.15) is 22.5 Å². The van der Waals surface area contributed by atoms with E-state index in [1.165, 1.54) is 0 Å². The fourth-order valence-corrected chi connectivity index (χ4v) is 0.957. The molecule has 0 atom stereocenters. The van der Waals surface area contributed by atoms with Crippen LogP contribution in [0.5, 0.6) is 0 Å². The zero-order valence-corrected chi connectivity index (χ0v) is 7.23. The van der Waals surface area contributed by atoms with Crippen molar-refractivity contribution in [1.82, 2.24) is 4.98 Å². The number of hydrogen-bond donors (Lipinski definition) is 1. The van der Waals surface area contributed by atoms with Crippen molar-refractivity contribution in [3.05, 3.63) is 28.3 Å². The van der Waals surface area contributed by atoms with Crippen molar-refractivity contribution in [2.75, 3.05) is 0 Å². The van der Waals surface area contributed by atoms with E-state index in [1.54, 1.807) is 0 Å². The number of hydrogen-bond acceptors (Lipinski definition) is 2. The summed E-state index contributed by atoms with van der Waals surface area (Å²) in [6, 6.07) is 0.365. The first-order valence-electron chi connectivity index (χ1n) is 3.31. The first-order valence-corrected chi connectivity index (χ1v) is 3.68. The zero-order chi connectivity index (χ0) is 10.9. The Kier molecular flexibility index (Phi) is 2.95. The average Bonchev–Trinajstić information content (AvgIpc) is 2.08. The molecule has 0 amide bonds. The Balaban J connectivity index is 3.39. The Morgan fingerprint density at radius 3 is 2.57 bits per heavy atom. The van der Waals surface area contributed by atoms with Gasteiger partial charge in [0.2, 0.25) is 0 Å². The molecule has 0 bridgehead atoms. The lowest BCUT2D eigenvalue weighted by Gasteiger charge is -2.04. The van der Waals surface area contributed by atoms with E-state index >= 15 is 0 Å². The summed E-state index contributed by atoms with van der Waals surface area (Å²) < 4.78 is 37.0. The van der Waals surface area contributed by atoms with Gasteiger partial charge in [0.15, 0.2) is 16.7 Å². The molecule has 76 valence electrons. The van der Waals surface area contributed by atoms with Crippen LogP contribution in [0, 0.1) is 5.82 Å². The maximum Gasteiger partial charge on any atom is 0.355 e. The number of carbonyl (C=O) groups is 1. The number of aromatic carboxylic acids is 1. The van der Waals surface area contributed by atoms with Gasteiger partial charge in [-0.1, -0.05) is 11.6 Å². The molecule has 1 heterocycles. The Labute approximate surface area is 81.1 Å². The van der Waals surface area contributed by atoms with Crippen LogP contribution in [-0.2, 0) is 0 Å². The third kappa shape index (κ3) is 1.95. The van der Waals surface area contributed by atoms with E-state index in [4.69, 9.17) is 16.7 Å². The lowest BCUT2D eigenvalue weighted by Crippen LogP contribution is -2.07. The summed E-state index contributed by atoms with van der Waals surface area (Å²) >= 11 is 5.14. The number of carboxylic acid groups (broad SMARTS) is 1. The topological polar surface area (TPSA) is 50.2 Å². The summed E-state index contributed by atoms with van der Waals surface area (Å²) in [6.45, 7) is 0. The Morgan fingerprint density at radius 2 is 2.14 bits per heavy atom. The molecule has 0 aliphatic rings. The number of nitrogens with zero attached hydrogens (tertiary/aromatic N) is 1. The van der Waals surface area contributed by atoms with E-state index in [0.717, 1.165) is 0 Å². The molecule has 0 spiro atoms. The predicted molar refractivity (Wildman–Crippen MR) is 41.1 cm³/mol. The second kappa shape index (κ2) is 3.83. The maximum absolute atomic E-state index is 12.7. The van der Waals surface area contributed by atoms with Crippen molar-refractivity contribution in [3.63, 3.8) is 0 Å². The molecular weight excluding hydrogens is 223 g/mol. The van der Waals surface area contributed by atoms with Crippen LogP contribution in [0.3, 0.4) is 0 Å². The van der Waals surface area contributed by atoms with E-state index in [1.807, 2.05) is 0 Å². The lowest BCUT2D eigenvalue weighted by molar-refractivity contribution is 0.0677. The van der Waals surface area contributed by atoms with E-state index in [-0.39, 0.29) is 0 Å². The molecule has 1 aromatic rings. The van der Waals surface area contributed by atoms with Crippen molar-refractivity contribution < 1.29 is 23.1 Å². The van der Waals surface area contributed by atoms with Crippen molar-refractivity contribution in [2.45, 2.75) is 6.43 Å². The summed E-state index contributed by atoms with van der Waals surface area (Å²) in [5.41, 5.74) is -1.93. The molecule has 0 fully saturated rings. The van der Waals surface area contributed by atoms with Crippen LogP contribution in [0.15, 0.2) is 6.07 Å². The van der Waals surface area contributed by atoms with Crippen LogP contribution in [0.2, 0.25) is 5.15 Å². The lowest BCUT2D eigenvalue weighted by atomic mass is 10.2. The van der Waals surface area contributed by atoms with Gasteiger partial charge in [0.05, 0.1) is 5.56 Å². The van der Waals surface area contributed by atoms with E-state index in [2.05, 4.69) is 4.98 Å². The quantitative estimate of drug-likeness (QED) is 0.787. The molecule has 14 heavy (non-hydrogen) atoms. The molecule has 0 saturated carbocycles. The molecule has 0 saturated heterocycles. The largest absolute Gasteiger partial charge is 0.476 e. The maximum atomic E-state index is 12.7. The molecule has 7 heteroatoms. The van der Waals surface area contributed by atoms with E-state index in [9.17, 15) is 18.0 Å². The second-order valence-electron chi connectivity index (χ2n) is 2.30. The summed E-state index contributed by atoms with van der Waals surface area (Å²) in [6.07, 6.45) is -3.11. The number of alkyl halides is 2. The molecular formula is C7H3ClF3NO2. The van der Waals surface area contributed by atoms with Crippen molar-refractivity contribution in [2.24, 2.45) is 0 Å². The van der Waals surface area contributed by atoms with Gasteiger partial charge in [-0.2, -0.15) is 0 Å². The molecule has 1 N–H and O–H groups in total. The second-order valence-corrected chi connectivity index (χ2v) is 2.66. The summed E-state index contributed by atoms with van der Waals surface area (Å²) in [5.74, 6) is -2.85. The van der Waals surface area contributed by atoms with Crippen LogP contribution in [0.4, 0.5) is 13.2 Å². The first-order chi connectivity index (χ1) is 6.43. The number of pyridine rings is 1. The number of halogens is 4. The van der Waals surface area contributed by atoms with Gasteiger partial charge in [-0.05, 0) is 6.07 Å². The van der Waals surface area contributed by atoms with Crippen LogP contribution in [-0.4, -0.2) is 16.1 Å². The van der Waals surface area contributed by atoms with Gasteiger partial charge in [0.25, 0.3) is 6.43 Å². The smallest absolute Gasteiger partial charge is 0.355 e. The van der Waals surface area contributed by atoms with Crippen molar-refractivity contribution in [1.29, 1.82) is 0 Å². The standard InChI is InChI=1S/C7H3ClF3NO2/c8-5-3(9)1-2(6(10)11)4(12-5)7(13)14/h1,6H,(H,13,14). The monoisotopic (exact) mass is 225 g/mol. The highest BCUT2D eigenvalue weighted by Crippen LogP contribution is 2.25. The molecule has 1 rings (SSSR count). The highest BCUT2D eigenvalue weighted by Gasteiger charge is 2.22.